The van der Waals surface area contributed by atoms with Gasteiger partial charge in [-0.25, -0.2) is 0 Å². The van der Waals surface area contributed by atoms with Crippen LogP contribution in [-0.2, 0) is 10.9 Å². The van der Waals surface area contributed by atoms with Crippen LogP contribution in [0.4, 0.5) is 0 Å². The molecule has 0 radical (unpaired) electrons. The fourth-order valence-electron chi connectivity index (χ4n) is 2.92. The molecule has 0 bridgehead atoms. The van der Waals surface area contributed by atoms with E-state index in [0.29, 0.717) is 0 Å². The van der Waals surface area contributed by atoms with Gasteiger partial charge < -0.3 is 4.74 Å². The highest BCUT2D eigenvalue weighted by molar-refractivity contribution is 8.00. The Labute approximate surface area is 122 Å². The van der Waals surface area contributed by atoms with E-state index in [4.69, 9.17) is 4.74 Å². The van der Waals surface area contributed by atoms with Crippen molar-refractivity contribution >= 4 is 10.9 Å². The molecule has 0 saturated heterocycles. The molecular formula is C18H17OS+. The van der Waals surface area contributed by atoms with Crippen LogP contribution in [0.2, 0.25) is 0 Å². The van der Waals surface area contributed by atoms with E-state index in [0.717, 1.165) is 11.5 Å². The fraction of sp³-hybridized carbons (Fsp3) is 0.222. The number of allylic oxidation sites excluding steroid dienone is 2. The van der Waals surface area contributed by atoms with Crippen molar-refractivity contribution in [1.29, 1.82) is 0 Å². The SMILES string of the molecule is C1=C([S+]2c3ccccc3Oc3ccccc32)CCCC1. The lowest BCUT2D eigenvalue weighted by molar-refractivity contribution is 0.453. The van der Waals surface area contributed by atoms with Crippen molar-refractivity contribution in [3.63, 3.8) is 0 Å². The van der Waals surface area contributed by atoms with E-state index in [1.807, 2.05) is 0 Å². The van der Waals surface area contributed by atoms with Crippen molar-refractivity contribution in [2.75, 3.05) is 0 Å². The van der Waals surface area contributed by atoms with Gasteiger partial charge in [0.1, 0.15) is 15.8 Å². The Kier molecular flexibility index (Phi) is 3.04. The second-order valence-corrected chi connectivity index (χ2v) is 7.23. The highest BCUT2D eigenvalue weighted by atomic mass is 32.2. The molecule has 1 aliphatic carbocycles. The number of fused-ring (bicyclic) bond motifs is 2. The highest BCUT2D eigenvalue weighted by Gasteiger charge is 2.40. The quantitative estimate of drug-likeness (QED) is 0.646. The van der Waals surface area contributed by atoms with E-state index in [2.05, 4.69) is 54.6 Å². The molecule has 1 heterocycles. The average Bonchev–Trinajstić information content (AvgIpc) is 2.53. The van der Waals surface area contributed by atoms with Crippen molar-refractivity contribution in [3.05, 3.63) is 59.5 Å². The first kappa shape index (κ1) is 12.1. The zero-order valence-electron chi connectivity index (χ0n) is 11.3. The van der Waals surface area contributed by atoms with Crippen molar-refractivity contribution in [2.45, 2.75) is 35.5 Å². The third-order valence-corrected chi connectivity index (χ3v) is 6.32. The predicted molar refractivity (Wildman–Crippen MR) is 83.4 cm³/mol. The van der Waals surface area contributed by atoms with Crippen LogP contribution >= 0.6 is 0 Å². The topological polar surface area (TPSA) is 9.23 Å². The van der Waals surface area contributed by atoms with Crippen molar-refractivity contribution in [2.24, 2.45) is 0 Å². The van der Waals surface area contributed by atoms with E-state index in [9.17, 15) is 0 Å². The Bertz CT molecular complexity index is 629. The number of benzene rings is 2. The Morgan fingerprint density at radius 3 is 2.05 bits per heavy atom. The zero-order chi connectivity index (χ0) is 13.4. The summed E-state index contributed by atoms with van der Waals surface area (Å²) in [7, 11) is 0.0551. The summed E-state index contributed by atoms with van der Waals surface area (Å²) in [6, 6.07) is 17.0. The zero-order valence-corrected chi connectivity index (χ0v) is 12.2. The van der Waals surface area contributed by atoms with Crippen molar-refractivity contribution in [3.8, 4) is 11.5 Å². The van der Waals surface area contributed by atoms with Gasteiger partial charge >= 0.3 is 0 Å². The summed E-state index contributed by atoms with van der Waals surface area (Å²) >= 11 is 0. The molecule has 2 aliphatic rings. The first-order valence-corrected chi connectivity index (χ1v) is 8.45. The largest absolute Gasteiger partial charge is 0.447 e. The maximum atomic E-state index is 6.08. The van der Waals surface area contributed by atoms with Gasteiger partial charge in [0.15, 0.2) is 11.5 Å². The van der Waals surface area contributed by atoms with Crippen LogP contribution in [-0.4, -0.2) is 0 Å². The maximum absolute atomic E-state index is 6.08. The van der Waals surface area contributed by atoms with Crippen molar-refractivity contribution in [1.82, 2.24) is 0 Å². The van der Waals surface area contributed by atoms with E-state index >= 15 is 0 Å². The number of hydrogen-bond acceptors (Lipinski definition) is 1. The molecule has 0 unspecified atom stereocenters. The van der Waals surface area contributed by atoms with Crippen LogP contribution in [0, 0.1) is 0 Å². The van der Waals surface area contributed by atoms with Crippen LogP contribution in [0.25, 0.3) is 0 Å². The van der Waals surface area contributed by atoms with Gasteiger partial charge in [-0.15, -0.1) is 0 Å². The molecule has 2 heteroatoms. The number of para-hydroxylation sites is 2. The predicted octanol–water partition coefficient (Wildman–Crippen LogP) is 5.29. The summed E-state index contributed by atoms with van der Waals surface area (Å²) < 4.78 is 6.08. The van der Waals surface area contributed by atoms with Gasteiger partial charge in [0, 0.05) is 6.42 Å². The smallest absolute Gasteiger partial charge is 0.208 e. The van der Waals surface area contributed by atoms with Gasteiger partial charge in [0.05, 0.1) is 0 Å². The molecule has 0 saturated carbocycles. The first-order valence-electron chi connectivity index (χ1n) is 7.23. The average molecular weight is 281 g/mol. The molecule has 0 N–H and O–H groups in total. The molecule has 0 amide bonds. The second-order valence-electron chi connectivity index (χ2n) is 5.22. The maximum Gasteiger partial charge on any atom is 0.208 e. The third-order valence-electron chi connectivity index (χ3n) is 3.87. The Balaban J connectivity index is 1.90. The molecule has 4 rings (SSSR count). The molecule has 1 nitrogen and oxygen atoms in total. The third kappa shape index (κ3) is 1.95. The van der Waals surface area contributed by atoms with Gasteiger partial charge in [-0.1, -0.05) is 24.3 Å². The van der Waals surface area contributed by atoms with E-state index in [1.54, 1.807) is 4.91 Å². The number of ether oxygens (including phenoxy) is 1. The number of rotatable bonds is 1. The molecule has 0 spiro atoms. The Morgan fingerprint density at radius 1 is 0.800 bits per heavy atom. The van der Waals surface area contributed by atoms with Crippen LogP contribution in [0.1, 0.15) is 25.7 Å². The minimum atomic E-state index is 0.0551. The van der Waals surface area contributed by atoms with E-state index < -0.39 is 0 Å². The van der Waals surface area contributed by atoms with E-state index in [1.165, 1.54) is 35.5 Å². The Morgan fingerprint density at radius 2 is 1.45 bits per heavy atom. The lowest BCUT2D eigenvalue weighted by Crippen LogP contribution is -2.15. The monoisotopic (exact) mass is 281 g/mol. The van der Waals surface area contributed by atoms with Gasteiger partial charge in [0.2, 0.25) is 9.79 Å². The van der Waals surface area contributed by atoms with Crippen LogP contribution in [0.3, 0.4) is 0 Å². The second kappa shape index (κ2) is 5.02. The summed E-state index contributed by atoms with van der Waals surface area (Å²) in [5.41, 5.74) is 0. The van der Waals surface area contributed by atoms with Crippen LogP contribution in [0.15, 0.2) is 69.3 Å². The Hall–Kier alpha value is -1.67. The molecule has 0 atom stereocenters. The molecule has 1 aliphatic heterocycles. The van der Waals surface area contributed by atoms with Crippen molar-refractivity contribution < 1.29 is 4.74 Å². The molecule has 20 heavy (non-hydrogen) atoms. The van der Waals surface area contributed by atoms with Gasteiger partial charge in [-0.05, 0) is 49.6 Å². The molecular weight excluding hydrogens is 264 g/mol. The van der Waals surface area contributed by atoms with Gasteiger partial charge in [0.25, 0.3) is 0 Å². The minimum Gasteiger partial charge on any atom is -0.447 e. The molecule has 0 aromatic heterocycles. The summed E-state index contributed by atoms with van der Waals surface area (Å²) in [5, 5.41) is 0. The van der Waals surface area contributed by atoms with E-state index in [-0.39, 0.29) is 10.9 Å². The molecule has 0 fully saturated rings. The summed E-state index contributed by atoms with van der Waals surface area (Å²) in [4.78, 5) is 4.29. The molecule has 2 aromatic rings. The van der Waals surface area contributed by atoms with Crippen LogP contribution < -0.4 is 4.74 Å². The van der Waals surface area contributed by atoms with Crippen LogP contribution in [0.5, 0.6) is 11.5 Å². The fourth-order valence-corrected chi connectivity index (χ4v) is 5.41. The summed E-state index contributed by atoms with van der Waals surface area (Å²) in [6.45, 7) is 0. The number of hydrogen-bond donors (Lipinski definition) is 0. The molecule has 100 valence electrons. The lowest BCUT2D eigenvalue weighted by atomic mass is 10.1. The first-order chi connectivity index (χ1) is 9.93. The summed E-state index contributed by atoms with van der Waals surface area (Å²) in [6.07, 6.45) is 7.57. The van der Waals surface area contributed by atoms with Gasteiger partial charge in [-0.3, -0.25) is 0 Å². The highest BCUT2D eigenvalue weighted by Crippen LogP contribution is 2.47. The molecule has 2 aromatic carbocycles. The van der Waals surface area contributed by atoms with Gasteiger partial charge in [-0.2, -0.15) is 0 Å². The lowest BCUT2D eigenvalue weighted by Gasteiger charge is -2.22. The summed E-state index contributed by atoms with van der Waals surface area (Å²) in [5.74, 6) is 2.06. The minimum absolute atomic E-state index is 0.0551. The normalized spacial score (nSPS) is 17.7. The standard InChI is InChI=1S/C18H17OS/c1-2-8-14(9-3-1)20-17-12-6-4-10-15(17)19-16-11-5-7-13-18(16)20/h4-8,10-13H,1-3,9H2/q+1.